The van der Waals surface area contributed by atoms with Crippen molar-refractivity contribution < 1.29 is 18.7 Å². The fourth-order valence-corrected chi connectivity index (χ4v) is 3.40. The number of primary amides is 1. The maximum absolute atomic E-state index is 14.2. The van der Waals surface area contributed by atoms with Gasteiger partial charge in [0.2, 0.25) is 11.9 Å². The third-order valence-electron chi connectivity index (χ3n) is 5.17. The molecule has 4 N–H and O–H groups in total. The minimum Gasteiger partial charge on any atom is -0.485 e. The molecule has 1 aliphatic carbocycles. The number of ether oxygens (including phenoxy) is 1. The van der Waals surface area contributed by atoms with E-state index in [1.54, 1.807) is 13.0 Å². The highest BCUT2D eigenvalue weighted by Gasteiger charge is 2.32. The first-order valence-electron chi connectivity index (χ1n) is 9.98. The monoisotopic (exact) mass is 415 g/mol. The van der Waals surface area contributed by atoms with Crippen molar-refractivity contribution in [3.05, 3.63) is 35.8 Å². The molecule has 3 rings (SSSR count). The van der Waals surface area contributed by atoms with E-state index in [4.69, 9.17) is 10.5 Å². The van der Waals surface area contributed by atoms with Crippen LogP contribution in [0.3, 0.4) is 0 Å². The number of halogens is 1. The molecule has 1 amide bonds. The molecular weight excluding hydrogens is 389 g/mol. The van der Waals surface area contributed by atoms with E-state index in [1.807, 2.05) is 19.1 Å². The summed E-state index contributed by atoms with van der Waals surface area (Å²) in [6.45, 7) is 3.66. The predicted molar refractivity (Wildman–Crippen MR) is 111 cm³/mol. The highest BCUT2D eigenvalue weighted by atomic mass is 19.1. The Balaban J connectivity index is 1.73. The number of nitrogens with two attached hydrogens (primary N) is 1. The molecule has 160 valence electrons. The van der Waals surface area contributed by atoms with Gasteiger partial charge in [0.15, 0.2) is 17.4 Å². The second kappa shape index (κ2) is 9.51. The van der Waals surface area contributed by atoms with Crippen molar-refractivity contribution >= 4 is 29.1 Å². The molecular formula is C21H26FN5O3. The van der Waals surface area contributed by atoms with Crippen LogP contribution in [0.2, 0.25) is 0 Å². The molecule has 1 heterocycles. The largest absolute Gasteiger partial charge is 0.485 e. The highest BCUT2D eigenvalue weighted by molar-refractivity contribution is 5.79. The van der Waals surface area contributed by atoms with E-state index in [0.29, 0.717) is 24.3 Å². The molecule has 0 saturated heterocycles. The van der Waals surface area contributed by atoms with Crippen LogP contribution < -0.4 is 21.1 Å². The van der Waals surface area contributed by atoms with Gasteiger partial charge in [-0.1, -0.05) is 19.4 Å². The van der Waals surface area contributed by atoms with Crippen molar-refractivity contribution in [2.45, 2.75) is 45.6 Å². The lowest BCUT2D eigenvalue weighted by atomic mass is 10.0. The van der Waals surface area contributed by atoms with Crippen molar-refractivity contribution in [2.24, 2.45) is 11.7 Å². The number of hydrogen-bond acceptors (Lipinski definition) is 7. The summed E-state index contributed by atoms with van der Waals surface area (Å²) in [4.78, 5) is 31.3. The molecule has 1 aliphatic rings. The number of anilines is 3. The molecule has 0 radical (unpaired) electrons. The second-order valence-electron chi connectivity index (χ2n) is 7.37. The Bertz CT molecular complexity index is 937. The van der Waals surface area contributed by atoms with Crippen LogP contribution in [0.5, 0.6) is 5.75 Å². The predicted octanol–water partition coefficient (Wildman–Crippen LogP) is 3.09. The zero-order valence-electron chi connectivity index (χ0n) is 17.1. The van der Waals surface area contributed by atoms with Crippen molar-refractivity contribution in [3.8, 4) is 5.75 Å². The van der Waals surface area contributed by atoms with E-state index in [2.05, 4.69) is 20.6 Å². The molecule has 0 unspecified atom stereocenters. The molecule has 0 spiro atoms. The van der Waals surface area contributed by atoms with Gasteiger partial charge in [0.25, 0.3) is 0 Å². The van der Waals surface area contributed by atoms with E-state index in [9.17, 15) is 14.0 Å². The molecule has 1 aromatic heterocycles. The summed E-state index contributed by atoms with van der Waals surface area (Å²) in [7, 11) is 0. The Hall–Kier alpha value is -3.23. The summed E-state index contributed by atoms with van der Waals surface area (Å²) in [6.07, 6.45) is 3.72. The average molecular weight is 415 g/mol. The third kappa shape index (κ3) is 5.22. The molecule has 1 aromatic carbocycles. The van der Waals surface area contributed by atoms with Gasteiger partial charge in [-0.15, -0.1) is 0 Å². The van der Waals surface area contributed by atoms with Gasteiger partial charge in [-0.25, -0.2) is 9.37 Å². The number of carbonyl (C=O) groups is 2. The third-order valence-corrected chi connectivity index (χ3v) is 5.17. The van der Waals surface area contributed by atoms with Crippen LogP contribution in [-0.4, -0.2) is 34.3 Å². The van der Waals surface area contributed by atoms with E-state index in [-0.39, 0.29) is 36.1 Å². The van der Waals surface area contributed by atoms with Crippen LogP contribution in [0.15, 0.2) is 24.4 Å². The Morgan fingerprint density at radius 1 is 1.33 bits per heavy atom. The summed E-state index contributed by atoms with van der Waals surface area (Å²) < 4.78 is 19.8. The Labute approximate surface area is 174 Å². The van der Waals surface area contributed by atoms with Crippen molar-refractivity contribution in [1.29, 1.82) is 0 Å². The molecule has 1 fully saturated rings. The Morgan fingerprint density at radius 3 is 2.87 bits per heavy atom. The lowest BCUT2D eigenvalue weighted by molar-refractivity contribution is -0.122. The SMILES string of the molecule is CCC(=O)COc1cc(Nc2ncc(F)c(N[C@H]3CCC[C@H]3C(N)=O)n2)ccc1C. The van der Waals surface area contributed by atoms with Crippen LogP contribution in [0.1, 0.15) is 38.2 Å². The second-order valence-corrected chi connectivity index (χ2v) is 7.37. The van der Waals surface area contributed by atoms with Crippen molar-refractivity contribution in [2.75, 3.05) is 17.2 Å². The average Bonchev–Trinajstić information content (AvgIpc) is 3.19. The van der Waals surface area contributed by atoms with Gasteiger partial charge >= 0.3 is 0 Å². The number of benzene rings is 1. The van der Waals surface area contributed by atoms with Crippen LogP contribution >= 0.6 is 0 Å². The molecule has 2 atom stereocenters. The van der Waals surface area contributed by atoms with Crippen LogP contribution in [0, 0.1) is 18.7 Å². The summed E-state index contributed by atoms with van der Waals surface area (Å²) >= 11 is 0. The molecule has 1 saturated carbocycles. The zero-order valence-corrected chi connectivity index (χ0v) is 17.1. The Kier molecular flexibility index (Phi) is 6.81. The highest BCUT2D eigenvalue weighted by Crippen LogP contribution is 2.29. The molecule has 0 bridgehead atoms. The molecule has 30 heavy (non-hydrogen) atoms. The summed E-state index contributed by atoms with van der Waals surface area (Å²) in [5.74, 6) is -0.578. The standard InChI is InChI=1S/C21H26FN5O3/c1-3-14(28)11-30-18-9-13(8-7-12(18)2)25-21-24-10-16(22)20(27-21)26-17-6-4-5-15(17)19(23)29/h7-10,15,17H,3-6,11H2,1-2H3,(H2,23,29)(H2,24,25,26,27)/t15-,17+/m1/s1. The zero-order chi connectivity index (χ0) is 21.7. The number of hydrogen-bond donors (Lipinski definition) is 3. The number of amides is 1. The Morgan fingerprint density at radius 2 is 2.13 bits per heavy atom. The lowest BCUT2D eigenvalue weighted by Crippen LogP contribution is -2.34. The van der Waals surface area contributed by atoms with Gasteiger partial charge < -0.3 is 21.1 Å². The maximum atomic E-state index is 14.2. The van der Waals surface area contributed by atoms with Gasteiger partial charge in [-0.05, 0) is 31.4 Å². The van der Waals surface area contributed by atoms with Crippen LogP contribution in [0.25, 0.3) is 0 Å². The minimum absolute atomic E-state index is 0.00429. The van der Waals surface area contributed by atoms with Gasteiger partial charge in [0, 0.05) is 24.2 Å². The molecule has 2 aromatic rings. The number of ketones is 1. The number of carbonyl (C=O) groups excluding carboxylic acids is 2. The summed E-state index contributed by atoms with van der Waals surface area (Å²) in [6, 6.07) is 5.13. The van der Waals surface area contributed by atoms with E-state index in [1.165, 1.54) is 0 Å². The number of nitrogens with zero attached hydrogens (tertiary/aromatic N) is 2. The fourth-order valence-electron chi connectivity index (χ4n) is 3.40. The first kappa shape index (κ1) is 21.5. The maximum Gasteiger partial charge on any atom is 0.229 e. The van der Waals surface area contributed by atoms with Gasteiger partial charge in [-0.3, -0.25) is 9.59 Å². The first-order valence-corrected chi connectivity index (χ1v) is 9.98. The van der Waals surface area contributed by atoms with Gasteiger partial charge in [0.1, 0.15) is 12.4 Å². The summed E-state index contributed by atoms with van der Waals surface area (Å²) in [5.41, 5.74) is 6.95. The first-order chi connectivity index (χ1) is 14.4. The van der Waals surface area contributed by atoms with E-state index >= 15 is 0 Å². The number of aromatic nitrogens is 2. The minimum atomic E-state index is -0.610. The van der Waals surface area contributed by atoms with Gasteiger partial charge in [-0.2, -0.15) is 4.98 Å². The number of Topliss-reactive ketones (excluding diaryl/α,β-unsaturated/α-hetero) is 1. The normalized spacial score (nSPS) is 18.1. The number of rotatable bonds is 9. The molecule has 9 heteroatoms. The van der Waals surface area contributed by atoms with E-state index < -0.39 is 11.7 Å². The topological polar surface area (TPSA) is 119 Å². The fraction of sp³-hybridized carbons (Fsp3) is 0.429. The smallest absolute Gasteiger partial charge is 0.229 e. The van der Waals surface area contributed by atoms with Crippen LogP contribution in [0.4, 0.5) is 21.8 Å². The number of aryl methyl sites for hydroxylation is 1. The van der Waals surface area contributed by atoms with E-state index in [0.717, 1.165) is 24.6 Å². The van der Waals surface area contributed by atoms with Crippen molar-refractivity contribution in [3.63, 3.8) is 0 Å². The number of nitrogens with one attached hydrogen (secondary N) is 2. The summed E-state index contributed by atoms with van der Waals surface area (Å²) in [5, 5.41) is 6.01. The molecule has 0 aliphatic heterocycles. The molecule has 8 nitrogen and oxygen atoms in total. The van der Waals surface area contributed by atoms with Crippen LogP contribution in [-0.2, 0) is 9.59 Å². The lowest BCUT2D eigenvalue weighted by Gasteiger charge is -2.19. The van der Waals surface area contributed by atoms with Crippen molar-refractivity contribution in [1.82, 2.24) is 9.97 Å². The van der Waals surface area contributed by atoms with Gasteiger partial charge in [0.05, 0.1) is 12.1 Å². The quantitative estimate of drug-likeness (QED) is 0.576.